The Morgan fingerprint density at radius 2 is 2.24 bits per heavy atom. The van der Waals surface area contributed by atoms with E-state index < -0.39 is 0 Å². The van der Waals surface area contributed by atoms with Crippen LogP contribution in [0.2, 0.25) is 0 Å². The molecule has 0 atom stereocenters. The molecule has 1 aromatic rings. The number of nitriles is 1. The number of nitrogens with one attached hydrogen (secondary N) is 1. The number of aromatic nitrogens is 1. The van der Waals surface area contributed by atoms with Gasteiger partial charge in [-0.15, -0.1) is 0 Å². The van der Waals surface area contributed by atoms with Crippen LogP contribution in [0, 0.1) is 11.3 Å². The molecule has 1 rings (SSSR count). The Bertz CT molecular complexity index is 360. The van der Waals surface area contributed by atoms with Crippen LogP contribution in [0.1, 0.15) is 31.9 Å². The number of nitrogens with zero attached hydrogens (tertiary/aromatic N) is 2. The van der Waals surface area contributed by atoms with E-state index in [2.05, 4.69) is 23.3 Å². The molecule has 4 nitrogen and oxygen atoms in total. The Hall–Kier alpha value is -1.60. The van der Waals surface area contributed by atoms with E-state index in [-0.39, 0.29) is 0 Å². The van der Waals surface area contributed by atoms with Crippen molar-refractivity contribution in [3.8, 4) is 6.07 Å². The van der Waals surface area contributed by atoms with E-state index >= 15 is 0 Å². The topological polar surface area (TPSA) is 57.9 Å². The Morgan fingerprint density at radius 3 is 3.00 bits per heavy atom. The molecule has 0 aliphatic rings. The van der Waals surface area contributed by atoms with Crippen LogP contribution in [0.5, 0.6) is 0 Å². The van der Waals surface area contributed by atoms with Gasteiger partial charge in [-0.2, -0.15) is 5.26 Å². The average molecular weight is 233 g/mol. The molecule has 0 spiro atoms. The van der Waals surface area contributed by atoms with Crippen molar-refractivity contribution in [2.24, 2.45) is 0 Å². The molecule has 0 aliphatic carbocycles. The van der Waals surface area contributed by atoms with E-state index in [0.717, 1.165) is 38.3 Å². The maximum atomic E-state index is 8.84. The number of rotatable bonds is 8. The zero-order valence-corrected chi connectivity index (χ0v) is 10.3. The Kier molecular flexibility index (Phi) is 6.76. The summed E-state index contributed by atoms with van der Waals surface area (Å²) in [6, 6.07) is 5.74. The molecule has 0 saturated carbocycles. The van der Waals surface area contributed by atoms with Crippen molar-refractivity contribution < 1.29 is 4.74 Å². The highest BCUT2D eigenvalue weighted by molar-refractivity contribution is 5.53. The van der Waals surface area contributed by atoms with Crippen molar-refractivity contribution in [2.45, 2.75) is 26.2 Å². The van der Waals surface area contributed by atoms with Crippen LogP contribution in [0.4, 0.5) is 5.69 Å². The maximum absolute atomic E-state index is 8.84. The SMILES string of the molecule is CCCCOCCCNc1cccnc1C#N. The highest BCUT2D eigenvalue weighted by atomic mass is 16.5. The molecule has 1 N–H and O–H groups in total. The number of hydrogen-bond donors (Lipinski definition) is 1. The number of ether oxygens (including phenoxy) is 1. The third-order valence-corrected chi connectivity index (χ3v) is 2.34. The van der Waals surface area contributed by atoms with E-state index in [1.807, 2.05) is 12.1 Å². The van der Waals surface area contributed by atoms with Gasteiger partial charge in [0.15, 0.2) is 5.69 Å². The smallest absolute Gasteiger partial charge is 0.163 e. The molecule has 0 aromatic carbocycles. The molecule has 0 unspecified atom stereocenters. The molecule has 4 heteroatoms. The zero-order valence-electron chi connectivity index (χ0n) is 10.3. The highest BCUT2D eigenvalue weighted by Gasteiger charge is 2.00. The fourth-order valence-corrected chi connectivity index (χ4v) is 1.38. The van der Waals surface area contributed by atoms with Crippen molar-refractivity contribution in [3.63, 3.8) is 0 Å². The van der Waals surface area contributed by atoms with Gasteiger partial charge in [0.05, 0.1) is 5.69 Å². The molecule has 0 fully saturated rings. The molecule has 92 valence electrons. The molecule has 0 bridgehead atoms. The summed E-state index contributed by atoms with van der Waals surface area (Å²) in [5, 5.41) is 12.0. The maximum Gasteiger partial charge on any atom is 0.163 e. The van der Waals surface area contributed by atoms with E-state index in [9.17, 15) is 0 Å². The van der Waals surface area contributed by atoms with Gasteiger partial charge in [-0.3, -0.25) is 0 Å². The summed E-state index contributed by atoms with van der Waals surface area (Å²) < 4.78 is 5.45. The van der Waals surface area contributed by atoms with Gasteiger partial charge in [-0.1, -0.05) is 13.3 Å². The minimum Gasteiger partial charge on any atom is -0.383 e. The van der Waals surface area contributed by atoms with E-state index in [0.29, 0.717) is 5.69 Å². The van der Waals surface area contributed by atoms with Crippen molar-refractivity contribution >= 4 is 5.69 Å². The van der Waals surface area contributed by atoms with Gasteiger partial charge in [0.2, 0.25) is 0 Å². The van der Waals surface area contributed by atoms with Gasteiger partial charge in [-0.25, -0.2) is 4.98 Å². The lowest BCUT2D eigenvalue weighted by molar-refractivity contribution is 0.131. The van der Waals surface area contributed by atoms with Crippen molar-refractivity contribution in [1.82, 2.24) is 4.98 Å². The van der Waals surface area contributed by atoms with E-state index in [1.165, 1.54) is 6.42 Å². The summed E-state index contributed by atoms with van der Waals surface area (Å²) in [6.07, 6.45) is 4.84. The number of anilines is 1. The van der Waals surface area contributed by atoms with E-state index in [4.69, 9.17) is 10.00 Å². The lowest BCUT2D eigenvalue weighted by atomic mass is 10.3. The van der Waals surface area contributed by atoms with Crippen LogP contribution < -0.4 is 5.32 Å². The Labute approximate surface area is 103 Å². The fourth-order valence-electron chi connectivity index (χ4n) is 1.38. The average Bonchev–Trinajstić information content (AvgIpc) is 2.38. The third kappa shape index (κ3) is 5.32. The van der Waals surface area contributed by atoms with Gasteiger partial charge >= 0.3 is 0 Å². The first-order valence-electron chi connectivity index (χ1n) is 6.05. The first-order valence-corrected chi connectivity index (χ1v) is 6.05. The van der Waals surface area contributed by atoms with Crippen LogP contribution in [0.3, 0.4) is 0 Å². The second-order valence-corrected chi connectivity index (χ2v) is 3.76. The summed E-state index contributed by atoms with van der Waals surface area (Å²) in [5.41, 5.74) is 1.24. The Balaban J connectivity index is 2.16. The predicted octanol–water partition coefficient (Wildman–Crippen LogP) is 2.57. The van der Waals surface area contributed by atoms with Gasteiger partial charge in [0, 0.05) is 26.0 Å². The molecule has 1 heterocycles. The van der Waals surface area contributed by atoms with Crippen molar-refractivity contribution in [2.75, 3.05) is 25.1 Å². The molecular weight excluding hydrogens is 214 g/mol. The minimum absolute atomic E-state index is 0.444. The molecule has 0 amide bonds. The summed E-state index contributed by atoms with van der Waals surface area (Å²) in [6.45, 7) is 4.55. The van der Waals surface area contributed by atoms with Gasteiger partial charge in [-0.05, 0) is 25.0 Å². The summed E-state index contributed by atoms with van der Waals surface area (Å²) in [7, 11) is 0. The van der Waals surface area contributed by atoms with Crippen molar-refractivity contribution in [3.05, 3.63) is 24.0 Å². The number of unbranched alkanes of at least 4 members (excludes halogenated alkanes) is 1. The van der Waals surface area contributed by atoms with E-state index in [1.54, 1.807) is 6.20 Å². The van der Waals surface area contributed by atoms with Crippen LogP contribution in [-0.2, 0) is 4.74 Å². The molecule has 0 radical (unpaired) electrons. The van der Waals surface area contributed by atoms with Gasteiger partial charge < -0.3 is 10.1 Å². The van der Waals surface area contributed by atoms with Gasteiger partial charge in [0.1, 0.15) is 6.07 Å². The van der Waals surface area contributed by atoms with Crippen LogP contribution >= 0.6 is 0 Å². The normalized spacial score (nSPS) is 9.88. The largest absolute Gasteiger partial charge is 0.383 e. The number of pyridine rings is 1. The molecule has 0 aliphatic heterocycles. The fraction of sp³-hybridized carbons (Fsp3) is 0.538. The zero-order chi connectivity index (χ0) is 12.3. The lowest BCUT2D eigenvalue weighted by Gasteiger charge is -2.07. The quantitative estimate of drug-likeness (QED) is 0.701. The third-order valence-electron chi connectivity index (χ3n) is 2.34. The predicted molar refractivity (Wildman–Crippen MR) is 67.8 cm³/mol. The molecule has 17 heavy (non-hydrogen) atoms. The Morgan fingerprint density at radius 1 is 1.41 bits per heavy atom. The first-order chi connectivity index (χ1) is 8.38. The van der Waals surface area contributed by atoms with Crippen molar-refractivity contribution in [1.29, 1.82) is 5.26 Å². The molecule has 0 saturated heterocycles. The summed E-state index contributed by atoms with van der Waals surface area (Å²) in [4.78, 5) is 3.98. The number of hydrogen-bond acceptors (Lipinski definition) is 4. The second kappa shape index (κ2) is 8.54. The second-order valence-electron chi connectivity index (χ2n) is 3.76. The minimum atomic E-state index is 0.444. The van der Waals surface area contributed by atoms with Crippen LogP contribution in [-0.4, -0.2) is 24.7 Å². The standard InChI is InChI=1S/C13H19N3O/c1-2-3-9-17-10-5-8-15-12-6-4-7-16-13(12)11-14/h4,6-7,15H,2-3,5,8-10H2,1H3. The van der Waals surface area contributed by atoms with Crippen LogP contribution in [0.25, 0.3) is 0 Å². The molecular formula is C13H19N3O. The summed E-state index contributed by atoms with van der Waals surface area (Å²) in [5.74, 6) is 0. The van der Waals surface area contributed by atoms with Crippen LogP contribution in [0.15, 0.2) is 18.3 Å². The lowest BCUT2D eigenvalue weighted by Crippen LogP contribution is -2.07. The van der Waals surface area contributed by atoms with Gasteiger partial charge in [0.25, 0.3) is 0 Å². The monoisotopic (exact) mass is 233 g/mol. The summed E-state index contributed by atoms with van der Waals surface area (Å²) >= 11 is 0. The molecule has 1 aromatic heterocycles. The first kappa shape index (κ1) is 13.5. The highest BCUT2D eigenvalue weighted by Crippen LogP contribution is 2.10.